The van der Waals surface area contributed by atoms with E-state index in [0.717, 1.165) is 14.0 Å². The minimum Gasteiger partial charge on any atom is -0.468 e. The van der Waals surface area contributed by atoms with Gasteiger partial charge in [-0.05, 0) is 13.3 Å². The number of hydrogen-bond acceptors (Lipinski definition) is 3. The number of ether oxygens (including phenoxy) is 1. The molecule has 0 fully saturated rings. The van der Waals surface area contributed by atoms with Crippen molar-refractivity contribution in [3.05, 3.63) is 0 Å². The van der Waals surface area contributed by atoms with Gasteiger partial charge in [0.2, 0.25) is 0 Å². The number of esters is 1. The Balaban J connectivity index is 4.93. The maximum absolute atomic E-state index is 12.4. The van der Waals surface area contributed by atoms with Crippen molar-refractivity contribution in [2.75, 3.05) is 7.11 Å². The zero-order chi connectivity index (χ0) is 11.6. The van der Waals surface area contributed by atoms with E-state index in [1.165, 1.54) is 6.92 Å². The summed E-state index contributed by atoms with van der Waals surface area (Å²) in [7, 11) is 1.01. The Hall–Kier alpha value is -0.780. The molecule has 0 radical (unpaired) electrons. The van der Waals surface area contributed by atoms with E-state index in [1.54, 1.807) is 0 Å². The van der Waals surface area contributed by atoms with Crippen LogP contribution in [0.15, 0.2) is 0 Å². The fourth-order valence-electron chi connectivity index (χ4n) is 1.36. The van der Waals surface area contributed by atoms with Gasteiger partial charge in [0.1, 0.15) is 5.54 Å². The minimum absolute atomic E-state index is 0.258. The number of alkyl halides is 3. The third kappa shape index (κ3) is 2.60. The van der Waals surface area contributed by atoms with Gasteiger partial charge in [-0.2, -0.15) is 13.2 Å². The summed E-state index contributed by atoms with van der Waals surface area (Å²) >= 11 is 0. The van der Waals surface area contributed by atoms with Crippen LogP contribution in [0, 0.1) is 5.92 Å². The lowest BCUT2D eigenvalue weighted by Crippen LogP contribution is -2.56. The number of carbonyl (C=O) groups excluding carboxylic acids is 1. The van der Waals surface area contributed by atoms with Crippen LogP contribution >= 0.6 is 0 Å². The van der Waals surface area contributed by atoms with Crippen molar-refractivity contribution < 1.29 is 22.7 Å². The highest BCUT2D eigenvalue weighted by atomic mass is 19.4. The Bertz CT molecular complexity index is 213. The van der Waals surface area contributed by atoms with Crippen LogP contribution in [0.25, 0.3) is 0 Å². The molecule has 0 bridgehead atoms. The Morgan fingerprint density at radius 2 is 1.93 bits per heavy atom. The Kier molecular flexibility index (Phi) is 3.93. The monoisotopic (exact) mass is 213 g/mol. The molecule has 2 atom stereocenters. The predicted octanol–water partition coefficient (Wildman–Crippen LogP) is 1.47. The molecule has 0 saturated heterocycles. The van der Waals surface area contributed by atoms with Gasteiger partial charge >= 0.3 is 12.1 Å². The van der Waals surface area contributed by atoms with Crippen molar-refractivity contribution in [1.82, 2.24) is 0 Å². The van der Waals surface area contributed by atoms with Gasteiger partial charge in [0, 0.05) is 0 Å². The molecule has 0 amide bonds. The quantitative estimate of drug-likeness (QED) is 0.722. The Labute approximate surface area is 80.4 Å². The number of hydrogen-bond donors (Lipinski definition) is 1. The standard InChI is InChI=1S/C8H14F3NO2/c1-4-5(8(9,10)11)7(2,12)6(13)14-3/h5H,4,12H2,1-3H3. The molecule has 0 aliphatic carbocycles. The highest BCUT2D eigenvalue weighted by Crippen LogP contribution is 2.36. The molecule has 84 valence electrons. The van der Waals surface area contributed by atoms with E-state index in [0.29, 0.717) is 0 Å². The zero-order valence-electron chi connectivity index (χ0n) is 8.31. The molecular weight excluding hydrogens is 199 g/mol. The van der Waals surface area contributed by atoms with Gasteiger partial charge in [-0.1, -0.05) is 6.92 Å². The van der Waals surface area contributed by atoms with Crippen molar-refractivity contribution in [1.29, 1.82) is 0 Å². The van der Waals surface area contributed by atoms with E-state index < -0.39 is 23.6 Å². The first-order chi connectivity index (χ1) is 6.17. The number of halogens is 3. The topological polar surface area (TPSA) is 52.3 Å². The van der Waals surface area contributed by atoms with Crippen molar-refractivity contribution >= 4 is 5.97 Å². The number of methoxy groups -OCH3 is 1. The molecule has 3 nitrogen and oxygen atoms in total. The van der Waals surface area contributed by atoms with Crippen molar-refractivity contribution in [3.63, 3.8) is 0 Å². The normalized spacial score (nSPS) is 18.5. The molecule has 0 aromatic carbocycles. The summed E-state index contributed by atoms with van der Waals surface area (Å²) in [4.78, 5) is 11.0. The zero-order valence-corrected chi connectivity index (χ0v) is 8.31. The summed E-state index contributed by atoms with van der Waals surface area (Å²) in [5.74, 6) is -2.94. The molecule has 14 heavy (non-hydrogen) atoms. The van der Waals surface area contributed by atoms with Gasteiger partial charge in [0.05, 0.1) is 13.0 Å². The lowest BCUT2D eigenvalue weighted by Gasteiger charge is -2.32. The third-order valence-corrected chi connectivity index (χ3v) is 2.15. The summed E-state index contributed by atoms with van der Waals surface area (Å²) in [6.45, 7) is 2.35. The molecule has 6 heteroatoms. The smallest absolute Gasteiger partial charge is 0.394 e. The van der Waals surface area contributed by atoms with Crippen LogP contribution in [0.2, 0.25) is 0 Å². The maximum Gasteiger partial charge on any atom is 0.394 e. The SMILES string of the molecule is CCC(C(F)(F)F)C(C)(N)C(=O)OC. The predicted molar refractivity (Wildman–Crippen MR) is 44.4 cm³/mol. The summed E-state index contributed by atoms with van der Waals surface area (Å²) in [5, 5.41) is 0. The molecular formula is C8H14F3NO2. The van der Waals surface area contributed by atoms with E-state index in [4.69, 9.17) is 5.73 Å². The first kappa shape index (κ1) is 13.2. The molecule has 0 aromatic rings. The van der Waals surface area contributed by atoms with E-state index in [1.807, 2.05) is 0 Å². The number of nitrogens with two attached hydrogens (primary N) is 1. The Morgan fingerprint density at radius 1 is 1.50 bits per heavy atom. The first-order valence-electron chi connectivity index (χ1n) is 4.11. The van der Waals surface area contributed by atoms with Crippen molar-refractivity contribution in [3.8, 4) is 0 Å². The number of rotatable bonds is 3. The molecule has 0 heterocycles. The second-order valence-electron chi connectivity index (χ2n) is 3.28. The van der Waals surface area contributed by atoms with Gasteiger partial charge in [-0.25, -0.2) is 0 Å². The molecule has 0 spiro atoms. The van der Waals surface area contributed by atoms with Crippen LogP contribution in [0.1, 0.15) is 20.3 Å². The van der Waals surface area contributed by atoms with Gasteiger partial charge in [-0.3, -0.25) is 4.79 Å². The highest BCUT2D eigenvalue weighted by Gasteiger charge is 2.52. The van der Waals surface area contributed by atoms with Gasteiger partial charge in [0.25, 0.3) is 0 Å². The number of carbonyl (C=O) groups is 1. The fourth-order valence-corrected chi connectivity index (χ4v) is 1.36. The van der Waals surface area contributed by atoms with E-state index in [-0.39, 0.29) is 6.42 Å². The third-order valence-electron chi connectivity index (χ3n) is 2.15. The van der Waals surface area contributed by atoms with Crippen LogP contribution in [-0.2, 0) is 9.53 Å². The van der Waals surface area contributed by atoms with E-state index >= 15 is 0 Å². The fraction of sp³-hybridized carbons (Fsp3) is 0.875. The summed E-state index contributed by atoms with van der Waals surface area (Å²) in [5.41, 5.74) is 3.29. The lowest BCUT2D eigenvalue weighted by atomic mass is 9.84. The molecule has 0 saturated carbocycles. The van der Waals surface area contributed by atoms with E-state index in [2.05, 4.69) is 4.74 Å². The average Bonchev–Trinajstić information content (AvgIpc) is 2.00. The maximum atomic E-state index is 12.4. The highest BCUT2D eigenvalue weighted by molar-refractivity contribution is 5.80. The van der Waals surface area contributed by atoms with Gasteiger partial charge < -0.3 is 10.5 Å². The molecule has 0 aliphatic rings. The van der Waals surface area contributed by atoms with Crippen molar-refractivity contribution in [2.45, 2.75) is 32.0 Å². The Morgan fingerprint density at radius 3 is 2.14 bits per heavy atom. The van der Waals surface area contributed by atoms with Crippen LogP contribution in [-0.4, -0.2) is 24.8 Å². The van der Waals surface area contributed by atoms with E-state index in [9.17, 15) is 18.0 Å². The summed E-state index contributed by atoms with van der Waals surface area (Å²) in [6.07, 6.45) is -4.75. The largest absolute Gasteiger partial charge is 0.468 e. The lowest BCUT2D eigenvalue weighted by molar-refractivity contribution is -0.200. The minimum atomic E-state index is -4.49. The first-order valence-corrected chi connectivity index (χ1v) is 4.11. The average molecular weight is 213 g/mol. The van der Waals surface area contributed by atoms with Gasteiger partial charge in [0.15, 0.2) is 0 Å². The van der Waals surface area contributed by atoms with Crippen LogP contribution in [0.4, 0.5) is 13.2 Å². The molecule has 2 unspecified atom stereocenters. The van der Waals surface area contributed by atoms with Crippen LogP contribution in [0.3, 0.4) is 0 Å². The molecule has 2 N–H and O–H groups in total. The molecule has 0 aromatic heterocycles. The summed E-state index contributed by atoms with van der Waals surface area (Å²) < 4.78 is 41.5. The van der Waals surface area contributed by atoms with Gasteiger partial charge in [-0.15, -0.1) is 0 Å². The van der Waals surface area contributed by atoms with Crippen LogP contribution < -0.4 is 5.73 Å². The van der Waals surface area contributed by atoms with Crippen LogP contribution in [0.5, 0.6) is 0 Å². The second kappa shape index (κ2) is 4.16. The molecule has 0 aliphatic heterocycles. The second-order valence-corrected chi connectivity index (χ2v) is 3.28. The molecule has 0 rings (SSSR count). The summed E-state index contributed by atoms with van der Waals surface area (Å²) in [6, 6.07) is 0. The van der Waals surface area contributed by atoms with Crippen molar-refractivity contribution in [2.24, 2.45) is 11.7 Å².